The predicted octanol–water partition coefficient (Wildman–Crippen LogP) is 1.45. The topological polar surface area (TPSA) is 98.2 Å². The number of nitrogens with zero attached hydrogens (tertiary/aromatic N) is 5. The maximum atomic E-state index is 12.7. The molecule has 0 N–H and O–H groups in total. The van der Waals surface area contributed by atoms with Gasteiger partial charge in [-0.2, -0.15) is 0 Å². The molecule has 0 radical (unpaired) electrons. The first-order chi connectivity index (χ1) is 11.6. The monoisotopic (exact) mass is 331 g/mol. The Kier molecular flexibility index (Phi) is 3.62. The van der Waals surface area contributed by atoms with Crippen LogP contribution in [-0.4, -0.2) is 44.4 Å². The largest absolute Gasteiger partial charge is 0.425 e. The second-order valence-electron chi connectivity index (χ2n) is 6.85. The first-order valence-electron chi connectivity index (χ1n) is 8.51. The van der Waals surface area contributed by atoms with Gasteiger partial charge in [-0.15, -0.1) is 10.2 Å². The van der Waals surface area contributed by atoms with E-state index in [0.29, 0.717) is 35.6 Å². The van der Waals surface area contributed by atoms with Crippen LogP contribution in [0.5, 0.6) is 0 Å². The fourth-order valence-electron chi connectivity index (χ4n) is 4.09. The lowest BCUT2D eigenvalue weighted by Crippen LogP contribution is -2.35. The number of hydrogen-bond donors (Lipinski definition) is 0. The normalized spacial score (nSPS) is 26.1. The lowest BCUT2D eigenvalue weighted by atomic mass is 9.80. The highest BCUT2D eigenvalue weighted by Gasteiger charge is 2.55. The Balaban J connectivity index is 1.54. The minimum atomic E-state index is -0.173. The number of rotatable bonds is 4. The van der Waals surface area contributed by atoms with Crippen LogP contribution in [0, 0.1) is 12.8 Å². The number of aromatic nitrogens is 4. The van der Waals surface area contributed by atoms with Gasteiger partial charge in [-0.25, -0.2) is 4.63 Å². The molecule has 0 unspecified atom stereocenters. The van der Waals surface area contributed by atoms with Crippen molar-refractivity contribution in [2.24, 2.45) is 5.92 Å². The van der Waals surface area contributed by atoms with Crippen LogP contribution in [0.1, 0.15) is 49.4 Å². The van der Waals surface area contributed by atoms with Gasteiger partial charge in [-0.05, 0) is 25.7 Å². The maximum absolute atomic E-state index is 12.7. The number of carbonyl (C=O) groups excluding carboxylic acids is 1. The molecule has 0 bridgehead atoms. The van der Waals surface area contributed by atoms with Gasteiger partial charge in [0.15, 0.2) is 0 Å². The summed E-state index contributed by atoms with van der Waals surface area (Å²) in [4.78, 5) is 14.6. The molecular weight excluding hydrogens is 310 g/mol. The summed E-state index contributed by atoms with van der Waals surface area (Å²) in [6.45, 7) is 5.18. The van der Waals surface area contributed by atoms with Crippen LogP contribution in [0.3, 0.4) is 0 Å². The van der Waals surface area contributed by atoms with E-state index in [2.05, 4.69) is 25.1 Å². The Morgan fingerprint density at radius 1 is 1.38 bits per heavy atom. The average Bonchev–Trinajstić information content (AvgIpc) is 3.29. The van der Waals surface area contributed by atoms with E-state index < -0.39 is 0 Å². The van der Waals surface area contributed by atoms with Crippen molar-refractivity contribution in [2.75, 3.05) is 13.1 Å². The van der Waals surface area contributed by atoms with Crippen molar-refractivity contribution in [3.05, 3.63) is 23.2 Å². The zero-order valence-corrected chi connectivity index (χ0v) is 14.0. The molecular formula is C16H21N5O3. The number of aryl methyl sites for hydroxylation is 2. The first-order valence-corrected chi connectivity index (χ1v) is 8.51. The van der Waals surface area contributed by atoms with E-state index in [4.69, 9.17) is 4.42 Å². The van der Waals surface area contributed by atoms with E-state index in [0.717, 1.165) is 32.2 Å². The molecule has 2 atom stereocenters. The number of hydrogen-bond acceptors (Lipinski definition) is 7. The highest BCUT2D eigenvalue weighted by atomic mass is 16.6. The summed E-state index contributed by atoms with van der Waals surface area (Å²) in [7, 11) is 0. The second-order valence-corrected chi connectivity index (χ2v) is 6.85. The van der Waals surface area contributed by atoms with Crippen LogP contribution in [0.4, 0.5) is 0 Å². The van der Waals surface area contributed by atoms with Crippen LogP contribution < -0.4 is 0 Å². The Bertz CT molecular complexity index is 754. The summed E-state index contributed by atoms with van der Waals surface area (Å²) in [5.74, 6) is 1.82. The van der Waals surface area contributed by atoms with E-state index >= 15 is 0 Å². The van der Waals surface area contributed by atoms with Crippen LogP contribution in [-0.2, 0) is 23.1 Å². The summed E-state index contributed by atoms with van der Waals surface area (Å²) in [6.07, 6.45) is 4.19. The fourth-order valence-corrected chi connectivity index (χ4v) is 4.09. The van der Waals surface area contributed by atoms with Crippen molar-refractivity contribution in [1.82, 2.24) is 25.4 Å². The Labute approximate surface area is 139 Å². The lowest BCUT2D eigenvalue weighted by Gasteiger charge is -2.24. The standard InChI is InChI=1S/C16H21N5O3/c1-3-13-17-18-15(23-13)16-6-4-5-11(16)8-21(9-16)14(22)7-12-10(2)19-24-20-12/h11H,3-9H2,1-2H3/t11-,16-/m0/s1. The summed E-state index contributed by atoms with van der Waals surface area (Å²) < 4.78 is 10.6. The molecule has 1 saturated carbocycles. The number of fused-ring (bicyclic) bond motifs is 1. The highest BCUT2D eigenvalue weighted by molar-refractivity contribution is 5.79. The molecule has 2 aliphatic rings. The Morgan fingerprint density at radius 3 is 2.96 bits per heavy atom. The van der Waals surface area contributed by atoms with Crippen LogP contribution >= 0.6 is 0 Å². The molecule has 8 nitrogen and oxygen atoms in total. The third-order valence-electron chi connectivity index (χ3n) is 5.48. The van der Waals surface area contributed by atoms with Crippen LogP contribution in [0.2, 0.25) is 0 Å². The number of amides is 1. The van der Waals surface area contributed by atoms with Crippen LogP contribution in [0.25, 0.3) is 0 Å². The quantitative estimate of drug-likeness (QED) is 0.836. The zero-order chi connectivity index (χ0) is 16.7. The minimum absolute atomic E-state index is 0.0535. The SMILES string of the molecule is CCc1nnc([C@]23CCC[C@H]2CN(C(=O)Cc2nonc2C)C3)o1. The van der Waals surface area contributed by atoms with Crippen molar-refractivity contribution in [3.8, 4) is 0 Å². The molecule has 8 heteroatoms. The molecule has 1 aliphatic carbocycles. The maximum Gasteiger partial charge on any atom is 0.228 e. The van der Waals surface area contributed by atoms with E-state index in [1.54, 1.807) is 6.92 Å². The number of carbonyl (C=O) groups is 1. The average molecular weight is 331 g/mol. The molecule has 1 amide bonds. The molecule has 128 valence electrons. The molecule has 24 heavy (non-hydrogen) atoms. The number of likely N-dealkylation sites (tertiary alicyclic amines) is 1. The predicted molar refractivity (Wildman–Crippen MR) is 82.0 cm³/mol. The molecule has 2 aromatic heterocycles. The third-order valence-corrected chi connectivity index (χ3v) is 5.48. The molecule has 0 spiro atoms. The summed E-state index contributed by atoms with van der Waals surface area (Å²) in [6, 6.07) is 0. The molecule has 0 aromatic carbocycles. The van der Waals surface area contributed by atoms with Crippen molar-refractivity contribution >= 4 is 5.91 Å². The zero-order valence-electron chi connectivity index (χ0n) is 14.0. The minimum Gasteiger partial charge on any atom is -0.425 e. The summed E-state index contributed by atoms with van der Waals surface area (Å²) >= 11 is 0. The van der Waals surface area contributed by atoms with E-state index in [1.807, 2.05) is 11.8 Å². The van der Waals surface area contributed by atoms with Gasteiger partial charge in [0, 0.05) is 19.5 Å². The van der Waals surface area contributed by atoms with Crippen LogP contribution in [0.15, 0.2) is 9.05 Å². The smallest absolute Gasteiger partial charge is 0.228 e. The third kappa shape index (κ3) is 2.32. The van der Waals surface area contributed by atoms with Gasteiger partial charge >= 0.3 is 0 Å². The first kappa shape index (κ1) is 15.3. The summed E-state index contributed by atoms with van der Waals surface area (Å²) in [5, 5.41) is 16.0. The van der Waals surface area contributed by atoms with Gasteiger partial charge in [0.2, 0.25) is 17.7 Å². The fraction of sp³-hybridized carbons (Fsp3) is 0.688. The van der Waals surface area contributed by atoms with Crippen molar-refractivity contribution in [2.45, 2.75) is 51.4 Å². The van der Waals surface area contributed by atoms with Gasteiger partial charge in [-0.3, -0.25) is 4.79 Å². The van der Waals surface area contributed by atoms with Gasteiger partial charge in [0.05, 0.1) is 11.8 Å². The van der Waals surface area contributed by atoms with E-state index in [1.165, 1.54) is 0 Å². The Morgan fingerprint density at radius 2 is 2.25 bits per heavy atom. The highest BCUT2D eigenvalue weighted by Crippen LogP contribution is 2.50. The van der Waals surface area contributed by atoms with Crippen molar-refractivity contribution in [1.29, 1.82) is 0 Å². The second kappa shape index (κ2) is 5.68. The lowest BCUT2D eigenvalue weighted by molar-refractivity contribution is -0.129. The molecule has 4 rings (SSSR count). The molecule has 2 aromatic rings. The Hall–Kier alpha value is -2.25. The molecule has 1 aliphatic heterocycles. The van der Waals surface area contributed by atoms with Gasteiger partial charge in [0.1, 0.15) is 11.4 Å². The molecule has 3 heterocycles. The van der Waals surface area contributed by atoms with E-state index in [-0.39, 0.29) is 17.7 Å². The summed E-state index contributed by atoms with van der Waals surface area (Å²) in [5.41, 5.74) is 1.10. The molecule has 2 fully saturated rings. The van der Waals surface area contributed by atoms with Gasteiger partial charge in [0.25, 0.3) is 0 Å². The van der Waals surface area contributed by atoms with Crippen molar-refractivity contribution in [3.63, 3.8) is 0 Å². The molecule has 1 saturated heterocycles. The van der Waals surface area contributed by atoms with E-state index in [9.17, 15) is 4.79 Å². The van der Waals surface area contributed by atoms with Gasteiger partial charge in [-0.1, -0.05) is 23.7 Å². The van der Waals surface area contributed by atoms with Crippen molar-refractivity contribution < 1.29 is 13.8 Å². The van der Waals surface area contributed by atoms with Gasteiger partial charge < -0.3 is 9.32 Å².